The Labute approximate surface area is 162 Å². The summed E-state index contributed by atoms with van der Waals surface area (Å²) in [4.78, 5) is 20.1. The second-order valence-corrected chi connectivity index (χ2v) is 7.25. The van der Waals surface area contributed by atoms with Gasteiger partial charge < -0.3 is 15.0 Å². The minimum Gasteiger partial charge on any atom is -0.478 e. The number of pyridine rings is 1. The van der Waals surface area contributed by atoms with E-state index in [2.05, 4.69) is 31.2 Å². The fourth-order valence-electron chi connectivity index (χ4n) is 2.65. The zero-order valence-electron chi connectivity index (χ0n) is 14.1. The average Bonchev–Trinajstić information content (AvgIpc) is 2.99. The smallest absolute Gasteiger partial charge is 0.337 e. The molecule has 3 aromatic rings. The monoisotopic (exact) mass is 440 g/mol. The van der Waals surface area contributed by atoms with Crippen LogP contribution in [0.4, 0.5) is 15.9 Å². The second kappa shape index (κ2) is 6.85. The minimum atomic E-state index is -1.24. The molecule has 26 heavy (non-hydrogen) atoms. The van der Waals surface area contributed by atoms with Gasteiger partial charge in [0.25, 0.3) is 0 Å². The van der Waals surface area contributed by atoms with E-state index in [0.717, 1.165) is 6.07 Å². The van der Waals surface area contributed by atoms with Crippen LogP contribution in [0.15, 0.2) is 23.1 Å². The van der Waals surface area contributed by atoms with Crippen LogP contribution in [0.5, 0.6) is 0 Å². The van der Waals surface area contributed by atoms with Crippen molar-refractivity contribution in [2.45, 2.75) is 26.8 Å². The number of nitrogens with one attached hydrogen (secondary N) is 1. The molecule has 0 unspecified atom stereocenters. The van der Waals surface area contributed by atoms with Crippen molar-refractivity contribution in [2.75, 3.05) is 5.32 Å². The van der Waals surface area contributed by atoms with Gasteiger partial charge in [-0.2, -0.15) is 0 Å². The van der Waals surface area contributed by atoms with Gasteiger partial charge in [-0.3, -0.25) is 0 Å². The van der Waals surface area contributed by atoms with Crippen LogP contribution in [-0.4, -0.2) is 25.6 Å². The summed E-state index contributed by atoms with van der Waals surface area (Å²) in [5.41, 5.74) is 1.21. The Hall–Kier alpha value is -2.19. The van der Waals surface area contributed by atoms with Crippen molar-refractivity contribution in [3.8, 4) is 0 Å². The molecular formula is C17H15BrClFN4O2. The molecule has 0 bridgehead atoms. The maximum atomic E-state index is 14.7. The molecule has 0 aliphatic carbocycles. The van der Waals surface area contributed by atoms with E-state index in [9.17, 15) is 14.3 Å². The number of carboxylic acid groups (broad SMARTS) is 1. The lowest BCUT2D eigenvalue weighted by Gasteiger charge is -2.15. The van der Waals surface area contributed by atoms with E-state index in [4.69, 9.17) is 11.6 Å². The third-order valence-corrected chi connectivity index (χ3v) is 4.87. The molecule has 0 saturated carbocycles. The zero-order valence-corrected chi connectivity index (χ0v) is 16.5. The number of halogens is 3. The van der Waals surface area contributed by atoms with Gasteiger partial charge in [-0.05, 0) is 48.8 Å². The Morgan fingerprint density at radius 2 is 2.12 bits per heavy atom. The Morgan fingerprint density at radius 1 is 1.42 bits per heavy atom. The number of aromatic carboxylic acids is 1. The van der Waals surface area contributed by atoms with Crippen molar-refractivity contribution >= 4 is 56.0 Å². The fourth-order valence-corrected chi connectivity index (χ4v) is 3.27. The Bertz CT molecular complexity index is 1040. The maximum Gasteiger partial charge on any atom is 0.337 e. The highest BCUT2D eigenvalue weighted by Crippen LogP contribution is 2.34. The number of hydrogen-bond acceptors (Lipinski definition) is 4. The summed E-state index contributed by atoms with van der Waals surface area (Å²) in [7, 11) is 0. The molecule has 6 nitrogen and oxygen atoms in total. The lowest BCUT2D eigenvalue weighted by Crippen LogP contribution is -2.07. The first-order chi connectivity index (χ1) is 12.2. The van der Waals surface area contributed by atoms with Gasteiger partial charge in [0.1, 0.15) is 10.1 Å². The summed E-state index contributed by atoms with van der Waals surface area (Å²) in [5, 5.41) is 12.1. The SMILES string of the molecule is Cc1c(F)c(Nc2nc(Br)cc3ncn(C(C)C)c23)cc(C(=O)O)c1Cl. The zero-order chi connectivity index (χ0) is 19.2. The van der Waals surface area contributed by atoms with Crippen LogP contribution in [0.1, 0.15) is 35.8 Å². The van der Waals surface area contributed by atoms with Crippen molar-refractivity contribution in [1.82, 2.24) is 14.5 Å². The highest BCUT2D eigenvalue weighted by Gasteiger charge is 2.20. The first kappa shape index (κ1) is 18.6. The van der Waals surface area contributed by atoms with E-state index in [1.165, 1.54) is 6.92 Å². The molecule has 2 heterocycles. The van der Waals surface area contributed by atoms with Crippen LogP contribution in [0.3, 0.4) is 0 Å². The molecule has 0 aliphatic rings. The van der Waals surface area contributed by atoms with E-state index in [1.807, 2.05) is 18.4 Å². The lowest BCUT2D eigenvalue weighted by molar-refractivity contribution is 0.0697. The number of fused-ring (bicyclic) bond motifs is 1. The summed E-state index contributed by atoms with van der Waals surface area (Å²) in [6, 6.07) is 3.03. The Kier molecular flexibility index (Phi) is 4.90. The van der Waals surface area contributed by atoms with Crippen molar-refractivity contribution in [3.63, 3.8) is 0 Å². The van der Waals surface area contributed by atoms with E-state index >= 15 is 0 Å². The molecule has 9 heteroatoms. The molecule has 2 aromatic heterocycles. The van der Waals surface area contributed by atoms with E-state index < -0.39 is 11.8 Å². The molecule has 0 spiro atoms. The number of carboxylic acids is 1. The molecule has 0 amide bonds. The topological polar surface area (TPSA) is 80.0 Å². The van der Waals surface area contributed by atoms with Gasteiger partial charge in [-0.25, -0.2) is 19.2 Å². The van der Waals surface area contributed by atoms with Gasteiger partial charge in [0.15, 0.2) is 11.6 Å². The standard InChI is InChI=1S/C17H15BrClFN4O2/c1-7(2)24-6-21-11-5-12(18)23-16(15(11)24)22-10-4-9(17(25)26)13(19)8(3)14(10)20/h4-7H,1-3H3,(H,22,23)(H,25,26). The van der Waals surface area contributed by atoms with Gasteiger partial charge >= 0.3 is 5.97 Å². The van der Waals surface area contributed by atoms with Crippen LogP contribution in [-0.2, 0) is 0 Å². The fraction of sp³-hybridized carbons (Fsp3) is 0.235. The number of hydrogen-bond donors (Lipinski definition) is 2. The van der Waals surface area contributed by atoms with Crippen molar-refractivity contribution in [3.05, 3.63) is 45.0 Å². The first-order valence-electron chi connectivity index (χ1n) is 7.72. The van der Waals surface area contributed by atoms with Gasteiger partial charge in [-0.1, -0.05) is 11.6 Å². The second-order valence-electron chi connectivity index (χ2n) is 6.06. The van der Waals surface area contributed by atoms with Crippen LogP contribution in [0, 0.1) is 12.7 Å². The van der Waals surface area contributed by atoms with Crippen LogP contribution < -0.4 is 5.32 Å². The third-order valence-electron chi connectivity index (χ3n) is 3.98. The lowest BCUT2D eigenvalue weighted by atomic mass is 10.1. The number of rotatable bonds is 4. The predicted molar refractivity (Wildman–Crippen MR) is 102 cm³/mol. The van der Waals surface area contributed by atoms with Crippen LogP contribution in [0.25, 0.3) is 11.0 Å². The predicted octanol–water partition coefficient (Wildman–Crippen LogP) is 5.32. The normalized spacial score (nSPS) is 11.3. The van der Waals surface area contributed by atoms with Gasteiger partial charge in [0, 0.05) is 11.6 Å². The molecule has 1 aromatic carbocycles. The molecule has 0 fully saturated rings. The van der Waals surface area contributed by atoms with Gasteiger partial charge in [-0.15, -0.1) is 0 Å². The first-order valence-corrected chi connectivity index (χ1v) is 8.89. The highest BCUT2D eigenvalue weighted by molar-refractivity contribution is 9.10. The molecule has 0 aliphatic heterocycles. The minimum absolute atomic E-state index is 0.0206. The summed E-state index contributed by atoms with van der Waals surface area (Å²) < 4.78 is 17.1. The van der Waals surface area contributed by atoms with E-state index in [0.29, 0.717) is 21.5 Å². The van der Waals surface area contributed by atoms with Crippen LogP contribution >= 0.6 is 27.5 Å². The molecule has 3 rings (SSSR count). The number of aromatic nitrogens is 3. The maximum absolute atomic E-state index is 14.7. The number of carbonyl (C=O) groups is 1. The van der Waals surface area contributed by atoms with Crippen LogP contribution in [0.2, 0.25) is 5.02 Å². The third kappa shape index (κ3) is 3.14. The highest BCUT2D eigenvalue weighted by atomic mass is 79.9. The van der Waals surface area contributed by atoms with Crippen molar-refractivity contribution < 1.29 is 14.3 Å². The van der Waals surface area contributed by atoms with Crippen molar-refractivity contribution in [1.29, 1.82) is 0 Å². The Balaban J connectivity index is 2.21. The molecule has 0 radical (unpaired) electrons. The molecule has 0 atom stereocenters. The largest absolute Gasteiger partial charge is 0.478 e. The number of nitrogens with zero attached hydrogens (tertiary/aromatic N) is 3. The summed E-state index contributed by atoms with van der Waals surface area (Å²) in [6.45, 7) is 5.41. The van der Waals surface area contributed by atoms with E-state index in [1.54, 1.807) is 12.4 Å². The summed E-state index contributed by atoms with van der Waals surface area (Å²) in [6.07, 6.45) is 1.68. The molecular weight excluding hydrogens is 427 g/mol. The molecule has 136 valence electrons. The molecule has 2 N–H and O–H groups in total. The summed E-state index contributed by atoms with van der Waals surface area (Å²) in [5.74, 6) is -1.51. The number of anilines is 2. The average molecular weight is 442 g/mol. The van der Waals surface area contributed by atoms with Gasteiger partial charge in [0.2, 0.25) is 0 Å². The molecule has 0 saturated heterocycles. The quantitative estimate of drug-likeness (QED) is 0.536. The summed E-state index contributed by atoms with van der Waals surface area (Å²) >= 11 is 9.27. The Morgan fingerprint density at radius 3 is 2.73 bits per heavy atom. The van der Waals surface area contributed by atoms with Gasteiger partial charge in [0.05, 0.1) is 28.1 Å². The van der Waals surface area contributed by atoms with E-state index in [-0.39, 0.29) is 27.9 Å². The van der Waals surface area contributed by atoms with Crippen molar-refractivity contribution in [2.24, 2.45) is 0 Å². The number of benzene rings is 1. The number of imidazole rings is 1.